The quantitative estimate of drug-likeness (QED) is 0.357. The molecule has 0 aliphatic heterocycles. The fraction of sp³-hybridized carbons (Fsp3) is 0.895. The van der Waals surface area contributed by atoms with Gasteiger partial charge in [0.2, 0.25) is 0 Å². The lowest BCUT2D eigenvalue weighted by Gasteiger charge is -2.42. The molecule has 39 heavy (non-hydrogen) atoms. The van der Waals surface area contributed by atoms with Crippen molar-refractivity contribution >= 4 is 0 Å². The van der Waals surface area contributed by atoms with Crippen molar-refractivity contribution in [2.45, 2.75) is 174 Å². The molecule has 0 amide bonds. The Morgan fingerprint density at radius 1 is 0.564 bits per heavy atom. The summed E-state index contributed by atoms with van der Waals surface area (Å²) in [4.78, 5) is 0. The average molecular weight is 535 g/mol. The van der Waals surface area contributed by atoms with Gasteiger partial charge in [-0.2, -0.15) is 0 Å². The van der Waals surface area contributed by atoms with Crippen LogP contribution in [0.2, 0.25) is 0 Å². The van der Waals surface area contributed by atoms with Gasteiger partial charge in [-0.25, -0.2) is 0 Å². The van der Waals surface area contributed by atoms with Gasteiger partial charge in [0.15, 0.2) is 0 Å². The molecular formula is C38H62O. The van der Waals surface area contributed by atoms with Gasteiger partial charge in [0.05, 0.1) is 0 Å². The van der Waals surface area contributed by atoms with Gasteiger partial charge in [-0.1, -0.05) is 134 Å². The second-order valence-electron chi connectivity index (χ2n) is 14.5. The third kappa shape index (κ3) is 9.85. The van der Waals surface area contributed by atoms with Crippen molar-refractivity contribution in [3.8, 4) is 23.7 Å². The highest BCUT2D eigenvalue weighted by Gasteiger charge is 2.43. The average Bonchev–Trinajstić information content (AvgIpc) is 3.01. The minimum absolute atomic E-state index is 0.405. The van der Waals surface area contributed by atoms with Crippen molar-refractivity contribution in [3.63, 3.8) is 0 Å². The third-order valence-electron chi connectivity index (χ3n) is 11.4. The van der Waals surface area contributed by atoms with Crippen LogP contribution in [0.3, 0.4) is 0 Å². The van der Waals surface area contributed by atoms with Gasteiger partial charge < -0.3 is 5.11 Å². The summed E-state index contributed by atoms with van der Waals surface area (Å²) in [5.41, 5.74) is -0.727. The summed E-state index contributed by atoms with van der Waals surface area (Å²) in [7, 11) is 0. The lowest BCUT2D eigenvalue weighted by molar-refractivity contribution is -0.0433. The van der Waals surface area contributed by atoms with Crippen molar-refractivity contribution in [2.24, 2.45) is 41.4 Å². The summed E-state index contributed by atoms with van der Waals surface area (Å²) in [5.74, 6) is 18.8. The van der Waals surface area contributed by atoms with E-state index in [9.17, 15) is 5.11 Å². The smallest absolute Gasteiger partial charge is 0.131 e. The molecule has 5 aliphatic rings. The van der Waals surface area contributed by atoms with E-state index in [0.717, 1.165) is 18.3 Å². The minimum Gasteiger partial charge on any atom is -0.377 e. The third-order valence-corrected chi connectivity index (χ3v) is 11.4. The van der Waals surface area contributed by atoms with Crippen molar-refractivity contribution in [1.82, 2.24) is 0 Å². The Bertz CT molecular complexity index is 777. The van der Waals surface area contributed by atoms with E-state index in [1.54, 1.807) is 0 Å². The van der Waals surface area contributed by atoms with E-state index >= 15 is 0 Å². The number of hydrogen-bond acceptors (Lipinski definition) is 1. The second kappa shape index (κ2) is 16.5. The first-order valence-corrected chi connectivity index (χ1v) is 17.8. The Morgan fingerprint density at radius 2 is 1.03 bits per heavy atom. The molecule has 1 heteroatoms. The molecule has 1 nitrogen and oxygen atoms in total. The molecule has 0 bridgehead atoms. The van der Waals surface area contributed by atoms with Gasteiger partial charge >= 0.3 is 0 Å². The van der Waals surface area contributed by atoms with E-state index in [1.807, 2.05) is 0 Å². The van der Waals surface area contributed by atoms with Crippen molar-refractivity contribution in [3.05, 3.63) is 0 Å². The molecule has 0 aromatic heterocycles. The minimum atomic E-state index is -0.727. The van der Waals surface area contributed by atoms with Gasteiger partial charge in [-0.05, 0) is 81.5 Å². The zero-order valence-corrected chi connectivity index (χ0v) is 26.0. The summed E-state index contributed by atoms with van der Waals surface area (Å²) in [5, 5.41) is 12.0. The topological polar surface area (TPSA) is 20.2 Å². The fourth-order valence-corrected chi connectivity index (χ4v) is 8.60. The van der Waals surface area contributed by atoms with Crippen LogP contribution in [0, 0.1) is 65.1 Å². The summed E-state index contributed by atoms with van der Waals surface area (Å²) < 4.78 is 0. The van der Waals surface area contributed by atoms with Crippen LogP contribution in [0.25, 0.3) is 0 Å². The Balaban J connectivity index is 0.000000438. The first-order chi connectivity index (χ1) is 19.0. The van der Waals surface area contributed by atoms with Gasteiger partial charge in [0, 0.05) is 17.8 Å². The first kappa shape index (κ1) is 31.0. The van der Waals surface area contributed by atoms with Gasteiger partial charge in [-0.3, -0.25) is 0 Å². The van der Waals surface area contributed by atoms with Crippen LogP contribution in [0.1, 0.15) is 168 Å². The summed E-state index contributed by atoms with van der Waals surface area (Å²) in [6, 6.07) is 0. The van der Waals surface area contributed by atoms with E-state index < -0.39 is 5.60 Å². The summed E-state index contributed by atoms with van der Waals surface area (Å²) in [6.45, 7) is 4.72. The molecule has 0 saturated heterocycles. The van der Waals surface area contributed by atoms with E-state index in [-0.39, 0.29) is 0 Å². The molecule has 5 fully saturated rings. The number of rotatable bonds is 3. The van der Waals surface area contributed by atoms with Gasteiger partial charge in [0.1, 0.15) is 5.60 Å². The molecule has 0 spiro atoms. The van der Waals surface area contributed by atoms with E-state index in [1.165, 1.54) is 148 Å². The normalized spacial score (nSPS) is 29.1. The molecular weight excluding hydrogens is 472 g/mol. The van der Waals surface area contributed by atoms with Crippen molar-refractivity contribution in [2.75, 3.05) is 0 Å². The lowest BCUT2D eigenvalue weighted by atomic mass is 9.66. The molecule has 0 heterocycles. The molecule has 3 atom stereocenters. The predicted octanol–water partition coefficient (Wildman–Crippen LogP) is 10.5. The largest absolute Gasteiger partial charge is 0.377 e. The Kier molecular flexibility index (Phi) is 13.1. The maximum absolute atomic E-state index is 12.0. The molecule has 220 valence electrons. The van der Waals surface area contributed by atoms with E-state index in [4.69, 9.17) is 0 Å². The summed E-state index contributed by atoms with van der Waals surface area (Å²) >= 11 is 0. The van der Waals surface area contributed by atoms with Crippen molar-refractivity contribution < 1.29 is 5.11 Å². The van der Waals surface area contributed by atoms with Crippen LogP contribution in [-0.4, -0.2) is 10.7 Å². The number of hydrogen-bond donors (Lipinski definition) is 1. The molecule has 1 N–H and O–H groups in total. The van der Waals surface area contributed by atoms with Crippen LogP contribution < -0.4 is 0 Å². The molecule has 5 rings (SSSR count). The number of aliphatic hydroxyl groups is 1. The standard InChI is InChI=1S/C31H48O.C7H14/c1-25(28-14-5-2-6-15-28)20-21-26-12-11-13-27(24-26)22-23-31(32,29-16-7-3-8-17-29)30-18-9-4-10-19-30;1-7-5-3-2-4-6-7/h25-30,32H,2-19,24H2,1H3;7H,2-6H2,1H3. The maximum atomic E-state index is 12.0. The Labute approximate surface area is 243 Å². The van der Waals surface area contributed by atoms with Crippen LogP contribution in [0.4, 0.5) is 0 Å². The summed E-state index contributed by atoms with van der Waals surface area (Å²) in [6.07, 6.45) is 31.8. The zero-order valence-electron chi connectivity index (χ0n) is 26.0. The van der Waals surface area contributed by atoms with Crippen LogP contribution in [0.15, 0.2) is 0 Å². The van der Waals surface area contributed by atoms with Crippen LogP contribution >= 0.6 is 0 Å². The highest BCUT2D eigenvalue weighted by Crippen LogP contribution is 2.43. The molecule has 5 aliphatic carbocycles. The zero-order chi connectivity index (χ0) is 27.3. The molecule has 0 aromatic rings. The molecule has 3 unspecified atom stereocenters. The van der Waals surface area contributed by atoms with E-state index in [0.29, 0.717) is 29.6 Å². The van der Waals surface area contributed by atoms with Gasteiger partial charge in [-0.15, -0.1) is 0 Å². The SMILES string of the molecule is CC(C#CC1CCCC(C#CC(O)(C2CCCCC2)C2CCCCC2)C1)C1CCCCC1.CC1CCCCC1. The van der Waals surface area contributed by atoms with E-state index in [2.05, 4.69) is 37.5 Å². The lowest BCUT2D eigenvalue weighted by Crippen LogP contribution is -2.45. The Morgan fingerprint density at radius 3 is 1.51 bits per heavy atom. The van der Waals surface area contributed by atoms with Crippen molar-refractivity contribution in [1.29, 1.82) is 0 Å². The predicted molar refractivity (Wildman–Crippen MR) is 167 cm³/mol. The van der Waals surface area contributed by atoms with Gasteiger partial charge in [0.25, 0.3) is 0 Å². The first-order valence-electron chi connectivity index (χ1n) is 17.8. The highest BCUT2D eigenvalue weighted by molar-refractivity contribution is 5.21. The van der Waals surface area contributed by atoms with Crippen LogP contribution in [-0.2, 0) is 0 Å². The molecule has 0 radical (unpaired) electrons. The Hall–Kier alpha value is -0.920. The maximum Gasteiger partial charge on any atom is 0.131 e. The van der Waals surface area contributed by atoms with Crippen LogP contribution in [0.5, 0.6) is 0 Å². The molecule has 5 saturated carbocycles. The second-order valence-corrected chi connectivity index (χ2v) is 14.5. The molecule has 0 aromatic carbocycles. The fourth-order valence-electron chi connectivity index (χ4n) is 8.60. The highest BCUT2D eigenvalue weighted by atomic mass is 16.3. The monoisotopic (exact) mass is 534 g/mol.